The van der Waals surface area contributed by atoms with Gasteiger partial charge in [-0.15, -0.1) is 0 Å². The Kier molecular flexibility index (Phi) is 4.42. The van der Waals surface area contributed by atoms with Gasteiger partial charge in [-0.25, -0.2) is 0 Å². The Morgan fingerprint density at radius 1 is 1.25 bits per heavy atom. The van der Waals surface area contributed by atoms with Crippen molar-refractivity contribution in [2.45, 2.75) is 58.0 Å². The zero-order valence-electron chi connectivity index (χ0n) is 12.8. The fourth-order valence-corrected chi connectivity index (χ4v) is 3.99. The Bertz CT molecular complexity index is 435. The van der Waals surface area contributed by atoms with Gasteiger partial charge in [0.05, 0.1) is 0 Å². The second-order valence-electron chi connectivity index (χ2n) is 6.66. The lowest BCUT2D eigenvalue weighted by Gasteiger charge is -2.31. The summed E-state index contributed by atoms with van der Waals surface area (Å²) in [5.41, 5.74) is 3.57. The Balaban J connectivity index is 1.70. The molecule has 2 N–H and O–H groups in total. The first-order valence-corrected chi connectivity index (χ1v) is 8.35. The van der Waals surface area contributed by atoms with Crippen molar-refractivity contribution in [2.24, 2.45) is 5.41 Å². The molecule has 1 aromatic rings. The third kappa shape index (κ3) is 2.91. The van der Waals surface area contributed by atoms with Crippen molar-refractivity contribution in [1.29, 1.82) is 0 Å². The molecule has 1 aliphatic carbocycles. The van der Waals surface area contributed by atoms with E-state index in [0.29, 0.717) is 11.5 Å². The Morgan fingerprint density at radius 2 is 2.05 bits per heavy atom. The predicted molar refractivity (Wildman–Crippen MR) is 84.7 cm³/mol. The third-order valence-electron chi connectivity index (χ3n) is 5.49. The number of hydrogen-bond donors (Lipinski definition) is 2. The summed E-state index contributed by atoms with van der Waals surface area (Å²) in [4.78, 5) is 0. The highest BCUT2D eigenvalue weighted by Crippen LogP contribution is 2.41. The normalized spacial score (nSPS) is 25.1. The average Bonchev–Trinajstić information content (AvgIpc) is 2.87. The minimum Gasteiger partial charge on any atom is -0.313 e. The lowest BCUT2D eigenvalue weighted by Crippen LogP contribution is -2.34. The Hall–Kier alpha value is -0.860. The minimum absolute atomic E-state index is 0.533. The number of fused-ring (bicyclic) bond motifs is 1. The SMILES string of the molecule is CCC1(CNC2CCNCc3ccccc32)CCCC1. The molecule has 3 rings (SSSR count). The van der Waals surface area contributed by atoms with Crippen molar-refractivity contribution >= 4 is 0 Å². The molecule has 1 fully saturated rings. The van der Waals surface area contributed by atoms with Gasteiger partial charge in [-0.3, -0.25) is 0 Å². The van der Waals surface area contributed by atoms with E-state index < -0.39 is 0 Å². The molecule has 0 bridgehead atoms. The van der Waals surface area contributed by atoms with Crippen molar-refractivity contribution in [1.82, 2.24) is 10.6 Å². The fourth-order valence-electron chi connectivity index (χ4n) is 3.99. The van der Waals surface area contributed by atoms with Crippen molar-refractivity contribution in [3.63, 3.8) is 0 Å². The molecule has 2 heteroatoms. The van der Waals surface area contributed by atoms with E-state index in [-0.39, 0.29) is 0 Å². The van der Waals surface area contributed by atoms with Gasteiger partial charge in [0.15, 0.2) is 0 Å². The van der Waals surface area contributed by atoms with Crippen molar-refractivity contribution in [3.8, 4) is 0 Å². The lowest BCUT2D eigenvalue weighted by molar-refractivity contribution is 0.253. The summed E-state index contributed by atoms with van der Waals surface area (Å²) in [5, 5.41) is 7.46. The molecule has 0 radical (unpaired) electrons. The quantitative estimate of drug-likeness (QED) is 0.871. The van der Waals surface area contributed by atoms with Gasteiger partial charge >= 0.3 is 0 Å². The highest BCUT2D eigenvalue weighted by atomic mass is 15.0. The van der Waals surface area contributed by atoms with Crippen LogP contribution in [0.4, 0.5) is 0 Å². The van der Waals surface area contributed by atoms with Gasteiger partial charge in [0, 0.05) is 19.1 Å². The molecule has 2 aliphatic rings. The summed E-state index contributed by atoms with van der Waals surface area (Å²) in [6, 6.07) is 9.46. The fraction of sp³-hybridized carbons (Fsp3) is 0.667. The standard InChI is InChI=1S/C18H28N2/c1-2-18(10-5-6-11-18)14-20-17-9-12-19-13-15-7-3-4-8-16(15)17/h3-4,7-8,17,19-20H,2,5-6,9-14H2,1H3. The first-order valence-electron chi connectivity index (χ1n) is 8.35. The van der Waals surface area contributed by atoms with E-state index in [1.54, 1.807) is 0 Å². The summed E-state index contributed by atoms with van der Waals surface area (Å²) in [5.74, 6) is 0. The van der Waals surface area contributed by atoms with Gasteiger partial charge in [-0.1, -0.05) is 44.0 Å². The average molecular weight is 272 g/mol. The van der Waals surface area contributed by atoms with E-state index in [1.165, 1.54) is 56.2 Å². The van der Waals surface area contributed by atoms with E-state index in [4.69, 9.17) is 0 Å². The maximum atomic E-state index is 3.91. The van der Waals surface area contributed by atoms with Crippen LogP contribution in [0.1, 0.15) is 62.6 Å². The first-order chi connectivity index (χ1) is 9.83. The molecule has 1 aromatic carbocycles. The van der Waals surface area contributed by atoms with E-state index in [0.717, 1.165) is 13.1 Å². The van der Waals surface area contributed by atoms with Gasteiger partial charge in [0.2, 0.25) is 0 Å². The highest BCUT2D eigenvalue weighted by Gasteiger charge is 2.32. The molecule has 0 spiro atoms. The molecule has 1 aliphatic heterocycles. The van der Waals surface area contributed by atoms with Crippen LogP contribution in [0.15, 0.2) is 24.3 Å². The molecule has 0 amide bonds. The van der Waals surface area contributed by atoms with E-state index in [2.05, 4.69) is 41.8 Å². The summed E-state index contributed by atoms with van der Waals surface area (Å²) in [6.45, 7) is 5.71. The third-order valence-corrected chi connectivity index (χ3v) is 5.49. The Labute approximate surface area is 123 Å². The van der Waals surface area contributed by atoms with Gasteiger partial charge in [0.1, 0.15) is 0 Å². The molecule has 1 heterocycles. The van der Waals surface area contributed by atoms with Gasteiger partial charge < -0.3 is 10.6 Å². The van der Waals surface area contributed by atoms with E-state index in [1.807, 2.05) is 0 Å². The zero-order chi connectivity index (χ0) is 13.8. The molecule has 1 unspecified atom stereocenters. The van der Waals surface area contributed by atoms with Crippen LogP contribution in [0.2, 0.25) is 0 Å². The summed E-state index contributed by atoms with van der Waals surface area (Å²) in [7, 11) is 0. The van der Waals surface area contributed by atoms with Crippen LogP contribution >= 0.6 is 0 Å². The van der Waals surface area contributed by atoms with E-state index >= 15 is 0 Å². The minimum atomic E-state index is 0.533. The van der Waals surface area contributed by atoms with Crippen molar-refractivity contribution < 1.29 is 0 Å². The highest BCUT2D eigenvalue weighted by molar-refractivity contribution is 5.31. The van der Waals surface area contributed by atoms with Crippen LogP contribution in [-0.2, 0) is 6.54 Å². The van der Waals surface area contributed by atoms with E-state index in [9.17, 15) is 0 Å². The van der Waals surface area contributed by atoms with Crippen LogP contribution in [-0.4, -0.2) is 13.1 Å². The van der Waals surface area contributed by atoms with Crippen LogP contribution in [0.3, 0.4) is 0 Å². The summed E-state index contributed by atoms with van der Waals surface area (Å²) >= 11 is 0. The largest absolute Gasteiger partial charge is 0.313 e. The van der Waals surface area contributed by atoms with Gasteiger partial charge in [-0.05, 0) is 48.8 Å². The maximum absolute atomic E-state index is 3.91. The van der Waals surface area contributed by atoms with Gasteiger partial charge in [-0.2, -0.15) is 0 Å². The molecule has 20 heavy (non-hydrogen) atoms. The van der Waals surface area contributed by atoms with Crippen LogP contribution in [0.25, 0.3) is 0 Å². The lowest BCUT2D eigenvalue weighted by atomic mass is 9.83. The van der Waals surface area contributed by atoms with Crippen LogP contribution in [0, 0.1) is 5.41 Å². The van der Waals surface area contributed by atoms with Crippen LogP contribution in [0.5, 0.6) is 0 Å². The van der Waals surface area contributed by atoms with Gasteiger partial charge in [0.25, 0.3) is 0 Å². The molecule has 0 saturated heterocycles. The summed E-state index contributed by atoms with van der Waals surface area (Å²) < 4.78 is 0. The Morgan fingerprint density at radius 3 is 2.85 bits per heavy atom. The molecule has 1 saturated carbocycles. The second kappa shape index (κ2) is 6.28. The number of rotatable bonds is 4. The molecule has 1 atom stereocenters. The molecule has 0 aromatic heterocycles. The topological polar surface area (TPSA) is 24.1 Å². The zero-order valence-corrected chi connectivity index (χ0v) is 12.8. The van der Waals surface area contributed by atoms with Crippen molar-refractivity contribution in [2.75, 3.05) is 13.1 Å². The molecular formula is C18H28N2. The second-order valence-corrected chi connectivity index (χ2v) is 6.66. The van der Waals surface area contributed by atoms with Crippen LogP contribution < -0.4 is 10.6 Å². The number of hydrogen-bond acceptors (Lipinski definition) is 2. The van der Waals surface area contributed by atoms with Crippen molar-refractivity contribution in [3.05, 3.63) is 35.4 Å². The number of nitrogens with one attached hydrogen (secondary N) is 2. The summed E-state index contributed by atoms with van der Waals surface area (Å²) in [6.07, 6.45) is 8.23. The molecule has 110 valence electrons. The molecular weight excluding hydrogens is 244 g/mol. The number of benzene rings is 1. The maximum Gasteiger partial charge on any atom is 0.0335 e. The smallest absolute Gasteiger partial charge is 0.0335 e. The monoisotopic (exact) mass is 272 g/mol. The first kappa shape index (κ1) is 14.1. The molecule has 2 nitrogen and oxygen atoms in total. The predicted octanol–water partition coefficient (Wildman–Crippen LogP) is 3.78.